The van der Waals surface area contributed by atoms with Gasteiger partial charge in [0.1, 0.15) is 11.5 Å². The normalized spacial score (nSPS) is 16.6. The lowest BCUT2D eigenvalue weighted by atomic mass is 9.96. The standard InChI is InChI=1S/C31H38N2O4/c1-22-17-24(20-26(30(22)36)9-11-28(34)32-13-5-3-6-14-32)19-25-18-23(2)31(37)27(21-25)10-12-29(35)33-15-7-4-8-16-33/h9-12,17-18,20-21,36-37H,3-8,13-16,19H2,1-2H3. The number of benzene rings is 2. The predicted molar refractivity (Wildman–Crippen MR) is 147 cm³/mol. The Bertz CT molecular complexity index is 1110. The highest BCUT2D eigenvalue weighted by Gasteiger charge is 2.16. The van der Waals surface area contributed by atoms with Crippen LogP contribution in [0.1, 0.15) is 71.9 Å². The lowest BCUT2D eigenvalue weighted by Gasteiger charge is -2.25. The molecule has 6 heteroatoms. The van der Waals surface area contributed by atoms with Crippen molar-refractivity contribution < 1.29 is 19.8 Å². The topological polar surface area (TPSA) is 81.1 Å². The largest absolute Gasteiger partial charge is 0.507 e. The maximum atomic E-state index is 12.6. The second kappa shape index (κ2) is 12.1. The van der Waals surface area contributed by atoms with Crippen LogP contribution in [0.5, 0.6) is 11.5 Å². The van der Waals surface area contributed by atoms with E-state index >= 15 is 0 Å². The van der Waals surface area contributed by atoms with E-state index < -0.39 is 0 Å². The molecule has 196 valence electrons. The monoisotopic (exact) mass is 502 g/mol. The molecule has 2 heterocycles. The summed E-state index contributed by atoms with van der Waals surface area (Å²) < 4.78 is 0. The minimum Gasteiger partial charge on any atom is -0.507 e. The summed E-state index contributed by atoms with van der Waals surface area (Å²) >= 11 is 0. The highest BCUT2D eigenvalue weighted by atomic mass is 16.3. The number of nitrogens with zero attached hydrogens (tertiary/aromatic N) is 2. The Kier molecular flexibility index (Phi) is 8.70. The molecule has 2 aliphatic rings. The van der Waals surface area contributed by atoms with Gasteiger partial charge >= 0.3 is 0 Å². The van der Waals surface area contributed by atoms with Crippen molar-refractivity contribution in [2.45, 2.75) is 58.8 Å². The quantitative estimate of drug-likeness (QED) is 0.522. The van der Waals surface area contributed by atoms with Crippen LogP contribution in [0.2, 0.25) is 0 Å². The van der Waals surface area contributed by atoms with Crippen molar-refractivity contribution in [3.63, 3.8) is 0 Å². The van der Waals surface area contributed by atoms with Crippen LogP contribution < -0.4 is 0 Å². The summed E-state index contributed by atoms with van der Waals surface area (Å²) in [6.45, 7) is 6.85. The number of amides is 2. The van der Waals surface area contributed by atoms with Gasteiger partial charge in [0.15, 0.2) is 0 Å². The molecular formula is C31H38N2O4. The molecule has 0 atom stereocenters. The lowest BCUT2D eigenvalue weighted by molar-refractivity contribution is -0.127. The van der Waals surface area contributed by atoms with Gasteiger partial charge in [0.2, 0.25) is 11.8 Å². The molecule has 4 rings (SSSR count). The zero-order chi connectivity index (χ0) is 26.4. The summed E-state index contributed by atoms with van der Waals surface area (Å²) in [7, 11) is 0. The predicted octanol–water partition coefficient (Wildman–Crippen LogP) is 5.36. The third-order valence-corrected chi connectivity index (χ3v) is 7.33. The number of hydrogen-bond donors (Lipinski definition) is 2. The number of phenolic OH excluding ortho intramolecular Hbond substituents is 2. The maximum absolute atomic E-state index is 12.6. The summed E-state index contributed by atoms with van der Waals surface area (Å²) in [5, 5.41) is 21.2. The number of carbonyl (C=O) groups excluding carboxylic acids is 2. The number of phenols is 2. The zero-order valence-corrected chi connectivity index (χ0v) is 22.0. The molecule has 0 aliphatic carbocycles. The van der Waals surface area contributed by atoms with Crippen LogP contribution >= 0.6 is 0 Å². The Labute approximate surface area is 219 Å². The molecule has 0 aromatic heterocycles. The molecule has 0 unspecified atom stereocenters. The summed E-state index contributed by atoms with van der Waals surface area (Å²) in [5.41, 5.74) is 4.69. The van der Waals surface area contributed by atoms with Crippen molar-refractivity contribution in [3.05, 3.63) is 69.8 Å². The molecule has 2 saturated heterocycles. The van der Waals surface area contributed by atoms with E-state index in [1.165, 1.54) is 12.8 Å². The average Bonchev–Trinajstić information content (AvgIpc) is 2.91. The number of aromatic hydroxyl groups is 2. The fraction of sp³-hybridized carbons (Fsp3) is 0.419. The Morgan fingerprint density at radius 1 is 0.676 bits per heavy atom. The number of likely N-dealkylation sites (tertiary alicyclic amines) is 2. The van der Waals surface area contributed by atoms with Gasteiger partial charge in [-0.3, -0.25) is 9.59 Å². The van der Waals surface area contributed by atoms with Crippen LogP contribution in [-0.2, 0) is 16.0 Å². The second-order valence-electron chi connectivity index (χ2n) is 10.3. The van der Waals surface area contributed by atoms with Gasteiger partial charge in [-0.2, -0.15) is 0 Å². The van der Waals surface area contributed by atoms with Crippen LogP contribution in [0.3, 0.4) is 0 Å². The van der Waals surface area contributed by atoms with Gasteiger partial charge < -0.3 is 20.0 Å². The molecule has 37 heavy (non-hydrogen) atoms. The fourth-order valence-electron chi connectivity index (χ4n) is 5.22. The molecule has 0 bridgehead atoms. The van der Waals surface area contributed by atoms with Crippen molar-refractivity contribution in [1.29, 1.82) is 0 Å². The summed E-state index contributed by atoms with van der Waals surface area (Å²) in [6, 6.07) is 7.69. The smallest absolute Gasteiger partial charge is 0.246 e. The van der Waals surface area contributed by atoms with Gasteiger partial charge in [-0.25, -0.2) is 0 Å². The van der Waals surface area contributed by atoms with Gasteiger partial charge in [-0.1, -0.05) is 12.1 Å². The van der Waals surface area contributed by atoms with E-state index in [0.29, 0.717) is 17.5 Å². The zero-order valence-electron chi connectivity index (χ0n) is 22.0. The van der Waals surface area contributed by atoms with Crippen molar-refractivity contribution in [1.82, 2.24) is 9.80 Å². The lowest BCUT2D eigenvalue weighted by Crippen LogP contribution is -2.34. The van der Waals surface area contributed by atoms with Crippen LogP contribution in [0.25, 0.3) is 12.2 Å². The van der Waals surface area contributed by atoms with E-state index in [4.69, 9.17) is 0 Å². The molecule has 6 nitrogen and oxygen atoms in total. The Morgan fingerprint density at radius 2 is 1.05 bits per heavy atom. The van der Waals surface area contributed by atoms with Gasteiger partial charge in [0, 0.05) is 49.5 Å². The first kappa shape index (κ1) is 26.5. The first-order valence-corrected chi connectivity index (χ1v) is 13.4. The van der Waals surface area contributed by atoms with Crippen LogP contribution in [0.15, 0.2) is 36.4 Å². The van der Waals surface area contributed by atoms with E-state index in [1.54, 1.807) is 24.3 Å². The van der Waals surface area contributed by atoms with Gasteiger partial charge in [0.25, 0.3) is 0 Å². The first-order chi connectivity index (χ1) is 17.8. The molecular weight excluding hydrogens is 464 g/mol. The number of carbonyl (C=O) groups is 2. The Morgan fingerprint density at radius 3 is 1.43 bits per heavy atom. The number of piperidine rings is 2. The third-order valence-electron chi connectivity index (χ3n) is 7.33. The fourth-order valence-corrected chi connectivity index (χ4v) is 5.22. The third kappa shape index (κ3) is 6.82. The number of aryl methyl sites for hydroxylation is 2. The number of rotatable bonds is 6. The van der Waals surface area contributed by atoms with E-state index in [9.17, 15) is 19.8 Å². The average molecular weight is 503 g/mol. The molecule has 0 saturated carbocycles. The van der Waals surface area contributed by atoms with E-state index in [-0.39, 0.29) is 23.3 Å². The maximum Gasteiger partial charge on any atom is 0.246 e. The van der Waals surface area contributed by atoms with E-state index in [2.05, 4.69) is 0 Å². The molecule has 2 aliphatic heterocycles. The molecule has 2 amide bonds. The van der Waals surface area contributed by atoms with E-state index in [1.807, 2.05) is 47.9 Å². The molecule has 0 spiro atoms. The first-order valence-electron chi connectivity index (χ1n) is 13.4. The van der Waals surface area contributed by atoms with Crippen molar-refractivity contribution in [2.75, 3.05) is 26.2 Å². The minimum absolute atomic E-state index is 0.0214. The van der Waals surface area contributed by atoms with Crippen molar-refractivity contribution in [2.24, 2.45) is 0 Å². The van der Waals surface area contributed by atoms with Crippen LogP contribution in [0, 0.1) is 13.8 Å². The molecule has 0 radical (unpaired) electrons. The molecule has 2 N–H and O–H groups in total. The van der Waals surface area contributed by atoms with E-state index in [0.717, 1.165) is 74.1 Å². The Hall–Kier alpha value is -3.54. The highest BCUT2D eigenvalue weighted by molar-refractivity contribution is 5.93. The highest BCUT2D eigenvalue weighted by Crippen LogP contribution is 2.30. The van der Waals surface area contributed by atoms with Crippen LogP contribution in [0.4, 0.5) is 0 Å². The molecule has 2 fully saturated rings. The number of hydrogen-bond acceptors (Lipinski definition) is 4. The molecule has 2 aromatic carbocycles. The van der Waals surface area contributed by atoms with Crippen molar-refractivity contribution >= 4 is 24.0 Å². The summed E-state index contributed by atoms with van der Waals surface area (Å²) in [5.74, 6) is 0.306. The summed E-state index contributed by atoms with van der Waals surface area (Å²) in [6.07, 6.45) is 13.6. The molecule has 2 aromatic rings. The van der Waals surface area contributed by atoms with Gasteiger partial charge in [-0.15, -0.1) is 0 Å². The SMILES string of the molecule is Cc1cc(Cc2cc(C)c(O)c(C=CC(=O)N3CCCCC3)c2)cc(C=CC(=O)N2CCCCC2)c1O. The van der Waals surface area contributed by atoms with Gasteiger partial charge in [-0.05, 0) is 105 Å². The Balaban J connectivity index is 1.52. The summed E-state index contributed by atoms with van der Waals surface area (Å²) in [4.78, 5) is 28.8. The van der Waals surface area contributed by atoms with Crippen molar-refractivity contribution in [3.8, 4) is 11.5 Å². The minimum atomic E-state index is -0.0214. The van der Waals surface area contributed by atoms with Crippen LogP contribution in [-0.4, -0.2) is 58.0 Å². The van der Waals surface area contributed by atoms with Gasteiger partial charge in [0.05, 0.1) is 0 Å². The second-order valence-corrected chi connectivity index (χ2v) is 10.3.